The highest BCUT2D eigenvalue weighted by Crippen LogP contribution is 2.22. The molecule has 0 fully saturated rings. The molecule has 8 heteroatoms. The standard InChI is InChI=1S/C27H42N4O4/c1-9-18(6)23(31(7)8)27(34)30-22-24(17(4)5)35-20-12-10-19(11-13-20)14-15-28-25(32)21(16(2)3)29-26(22)33/h10-18,21-24H,9H2,1-8H3,(H,28,32)(H,29,33)(H,30,34). The average molecular weight is 487 g/mol. The van der Waals surface area contributed by atoms with Gasteiger partial charge in [-0.05, 0) is 55.6 Å². The van der Waals surface area contributed by atoms with Crippen molar-refractivity contribution in [2.24, 2.45) is 17.8 Å². The molecule has 3 N–H and O–H groups in total. The summed E-state index contributed by atoms with van der Waals surface area (Å²) in [4.78, 5) is 41.9. The molecule has 2 bridgehead atoms. The quantitative estimate of drug-likeness (QED) is 0.550. The van der Waals surface area contributed by atoms with Gasteiger partial charge < -0.3 is 20.7 Å². The van der Waals surface area contributed by atoms with Gasteiger partial charge >= 0.3 is 0 Å². The SMILES string of the molecule is CCC(C)C(C(=O)NC1C(=O)NC(C(C)C)C(=O)NC=Cc2ccc(cc2)OC1C(C)C)N(C)C. The van der Waals surface area contributed by atoms with Crippen molar-refractivity contribution >= 4 is 23.8 Å². The van der Waals surface area contributed by atoms with Gasteiger partial charge in [0.15, 0.2) is 0 Å². The number of nitrogens with zero attached hydrogens (tertiary/aromatic N) is 1. The Morgan fingerprint density at radius 3 is 2.17 bits per heavy atom. The molecule has 0 saturated heterocycles. The van der Waals surface area contributed by atoms with Crippen molar-refractivity contribution in [3.63, 3.8) is 0 Å². The first-order valence-electron chi connectivity index (χ1n) is 12.5. The predicted octanol–water partition coefficient (Wildman–Crippen LogP) is 2.79. The second kappa shape index (κ2) is 12.7. The molecular formula is C27H42N4O4. The number of fused-ring (bicyclic) bond motifs is 10. The van der Waals surface area contributed by atoms with Crippen LogP contribution >= 0.6 is 0 Å². The van der Waals surface area contributed by atoms with Crippen molar-refractivity contribution in [2.45, 2.75) is 72.2 Å². The van der Waals surface area contributed by atoms with Gasteiger partial charge in [-0.2, -0.15) is 0 Å². The molecule has 3 amide bonds. The van der Waals surface area contributed by atoms with Crippen LogP contribution in [0, 0.1) is 17.8 Å². The zero-order chi connectivity index (χ0) is 26.3. The van der Waals surface area contributed by atoms with Gasteiger partial charge in [-0.1, -0.05) is 60.1 Å². The molecule has 35 heavy (non-hydrogen) atoms. The third-order valence-corrected chi connectivity index (χ3v) is 6.47. The fourth-order valence-electron chi connectivity index (χ4n) is 4.25. The van der Waals surface area contributed by atoms with Gasteiger partial charge in [-0.25, -0.2) is 0 Å². The highest BCUT2D eigenvalue weighted by atomic mass is 16.5. The van der Waals surface area contributed by atoms with E-state index in [0.717, 1.165) is 12.0 Å². The second-order valence-corrected chi connectivity index (χ2v) is 10.2. The number of rotatable bonds is 7. The van der Waals surface area contributed by atoms with Gasteiger partial charge in [0.05, 0.1) is 6.04 Å². The summed E-state index contributed by atoms with van der Waals surface area (Å²) >= 11 is 0. The van der Waals surface area contributed by atoms with Gasteiger partial charge in [-0.3, -0.25) is 19.3 Å². The Hall–Kier alpha value is -2.87. The third-order valence-electron chi connectivity index (χ3n) is 6.47. The number of likely N-dealkylation sites (N-methyl/N-ethyl adjacent to an activating group) is 1. The van der Waals surface area contributed by atoms with Crippen LogP contribution in [0.1, 0.15) is 53.5 Å². The largest absolute Gasteiger partial charge is 0.487 e. The van der Waals surface area contributed by atoms with Crippen LogP contribution in [0.25, 0.3) is 6.08 Å². The van der Waals surface area contributed by atoms with Crippen molar-refractivity contribution in [2.75, 3.05) is 14.1 Å². The Labute approximate surface area is 209 Å². The van der Waals surface area contributed by atoms with Gasteiger partial charge in [0, 0.05) is 6.20 Å². The van der Waals surface area contributed by atoms with E-state index < -0.39 is 30.1 Å². The topological polar surface area (TPSA) is 99.8 Å². The van der Waals surface area contributed by atoms with Crippen LogP contribution in [-0.4, -0.2) is 60.9 Å². The van der Waals surface area contributed by atoms with Crippen LogP contribution in [0.15, 0.2) is 30.5 Å². The summed E-state index contributed by atoms with van der Waals surface area (Å²) in [6.07, 6.45) is 3.51. The zero-order valence-corrected chi connectivity index (χ0v) is 22.3. The number of benzene rings is 1. The van der Waals surface area contributed by atoms with E-state index in [1.807, 2.05) is 84.8 Å². The molecule has 2 aliphatic rings. The Kier molecular flexibility index (Phi) is 10.3. The summed E-state index contributed by atoms with van der Waals surface area (Å²) < 4.78 is 6.29. The van der Waals surface area contributed by atoms with E-state index in [4.69, 9.17) is 4.74 Å². The Balaban J connectivity index is 2.52. The van der Waals surface area contributed by atoms with Gasteiger partial charge in [0.2, 0.25) is 17.7 Å². The molecule has 0 radical (unpaired) electrons. The minimum Gasteiger partial charge on any atom is -0.487 e. The van der Waals surface area contributed by atoms with Crippen LogP contribution in [0.3, 0.4) is 0 Å². The van der Waals surface area contributed by atoms with Crippen molar-refractivity contribution in [1.82, 2.24) is 20.9 Å². The first kappa shape index (κ1) is 28.4. The fourth-order valence-corrected chi connectivity index (χ4v) is 4.25. The minimum atomic E-state index is -0.999. The van der Waals surface area contributed by atoms with Crippen LogP contribution in [-0.2, 0) is 14.4 Å². The maximum atomic E-state index is 13.7. The molecule has 194 valence electrons. The molecule has 0 spiro atoms. The van der Waals surface area contributed by atoms with Crippen LogP contribution in [0.2, 0.25) is 0 Å². The maximum absolute atomic E-state index is 13.7. The summed E-state index contributed by atoms with van der Waals surface area (Å²) in [6, 6.07) is 5.20. The number of carbonyl (C=O) groups excluding carboxylic acids is 3. The minimum absolute atomic E-state index is 0.0820. The smallest absolute Gasteiger partial charge is 0.247 e. The van der Waals surface area contributed by atoms with Crippen LogP contribution < -0.4 is 20.7 Å². The number of hydrogen-bond donors (Lipinski definition) is 3. The Morgan fingerprint density at radius 2 is 1.66 bits per heavy atom. The molecule has 2 aliphatic heterocycles. The molecule has 0 saturated carbocycles. The van der Waals surface area contributed by atoms with E-state index in [9.17, 15) is 14.4 Å². The van der Waals surface area contributed by atoms with E-state index >= 15 is 0 Å². The Bertz CT molecular complexity index is 895. The Morgan fingerprint density at radius 1 is 1.03 bits per heavy atom. The van der Waals surface area contributed by atoms with Crippen molar-refractivity contribution in [3.8, 4) is 5.75 Å². The molecule has 1 aromatic carbocycles. The summed E-state index contributed by atoms with van der Waals surface area (Å²) in [5.41, 5.74) is 0.896. The average Bonchev–Trinajstić information content (AvgIpc) is 2.79. The second-order valence-electron chi connectivity index (χ2n) is 10.2. The van der Waals surface area contributed by atoms with E-state index in [-0.39, 0.29) is 29.6 Å². The lowest BCUT2D eigenvalue weighted by molar-refractivity contribution is -0.137. The number of amides is 3. The number of carbonyl (C=O) groups is 3. The summed E-state index contributed by atoms with van der Waals surface area (Å²) in [7, 11) is 3.71. The lowest BCUT2D eigenvalue weighted by atomic mass is 9.94. The first-order valence-corrected chi connectivity index (χ1v) is 12.5. The maximum Gasteiger partial charge on any atom is 0.247 e. The van der Waals surface area contributed by atoms with Crippen molar-refractivity contribution < 1.29 is 19.1 Å². The molecular weight excluding hydrogens is 444 g/mol. The van der Waals surface area contributed by atoms with E-state index in [0.29, 0.717) is 5.75 Å². The fraction of sp³-hybridized carbons (Fsp3) is 0.593. The normalized spacial score (nSPS) is 22.9. The molecule has 0 aliphatic carbocycles. The highest BCUT2D eigenvalue weighted by molar-refractivity contribution is 5.94. The summed E-state index contributed by atoms with van der Waals surface area (Å²) in [5.74, 6) is -0.613. The predicted molar refractivity (Wildman–Crippen MR) is 139 cm³/mol. The van der Waals surface area contributed by atoms with E-state index in [1.165, 1.54) is 0 Å². The van der Waals surface area contributed by atoms with Crippen molar-refractivity contribution in [3.05, 3.63) is 36.0 Å². The molecule has 1 aromatic rings. The molecule has 5 atom stereocenters. The molecule has 0 aromatic heterocycles. The summed E-state index contributed by atoms with van der Waals surface area (Å²) in [5, 5.41) is 8.61. The van der Waals surface area contributed by atoms with E-state index in [2.05, 4.69) is 16.0 Å². The number of hydrogen-bond acceptors (Lipinski definition) is 5. The van der Waals surface area contributed by atoms with Gasteiger partial charge in [-0.15, -0.1) is 0 Å². The number of nitrogens with one attached hydrogen (secondary N) is 3. The lowest BCUT2D eigenvalue weighted by Gasteiger charge is -2.35. The molecule has 8 nitrogen and oxygen atoms in total. The van der Waals surface area contributed by atoms with E-state index in [1.54, 1.807) is 12.3 Å². The van der Waals surface area contributed by atoms with Crippen LogP contribution in [0.4, 0.5) is 0 Å². The number of ether oxygens (including phenoxy) is 1. The highest BCUT2D eigenvalue weighted by Gasteiger charge is 2.39. The zero-order valence-electron chi connectivity index (χ0n) is 22.3. The van der Waals surface area contributed by atoms with Crippen molar-refractivity contribution in [1.29, 1.82) is 0 Å². The molecule has 5 unspecified atom stereocenters. The van der Waals surface area contributed by atoms with Gasteiger partial charge in [0.1, 0.15) is 23.9 Å². The first-order chi connectivity index (χ1) is 16.5. The third kappa shape index (κ3) is 7.56. The summed E-state index contributed by atoms with van der Waals surface area (Å²) in [6.45, 7) is 11.7. The monoisotopic (exact) mass is 486 g/mol. The molecule has 2 heterocycles. The lowest BCUT2D eigenvalue weighted by Crippen LogP contribution is -2.62. The molecule has 3 rings (SSSR count). The van der Waals surface area contributed by atoms with Gasteiger partial charge in [0.25, 0.3) is 0 Å². The van der Waals surface area contributed by atoms with Crippen LogP contribution in [0.5, 0.6) is 5.75 Å².